The molecule has 1 unspecified atom stereocenters. The molecule has 0 saturated heterocycles. The zero-order chi connectivity index (χ0) is 15.0. The number of hydrogen-bond acceptors (Lipinski definition) is 2. The van der Waals surface area contributed by atoms with Crippen molar-refractivity contribution in [1.29, 1.82) is 0 Å². The number of rotatable bonds is 6. The number of aliphatic imine (C=N–C) groups is 1. The van der Waals surface area contributed by atoms with E-state index in [-0.39, 0.29) is 6.04 Å². The summed E-state index contributed by atoms with van der Waals surface area (Å²) in [5, 5.41) is 0. The Hall–Kier alpha value is -2.19. The van der Waals surface area contributed by atoms with E-state index in [0.29, 0.717) is 0 Å². The van der Waals surface area contributed by atoms with Crippen LogP contribution < -0.4 is 5.73 Å². The maximum absolute atomic E-state index is 5.87. The monoisotopic (exact) mass is 266 g/mol. The van der Waals surface area contributed by atoms with Gasteiger partial charge in [0, 0.05) is 11.8 Å². The third-order valence-electron chi connectivity index (χ3n) is 2.68. The number of allylic oxidation sites excluding steroid dienone is 4. The molecule has 1 aromatic rings. The summed E-state index contributed by atoms with van der Waals surface area (Å²) in [5.41, 5.74) is 9.50. The first kappa shape index (κ1) is 15.9. The molecular formula is C18H22N2. The van der Waals surface area contributed by atoms with Gasteiger partial charge < -0.3 is 5.73 Å². The van der Waals surface area contributed by atoms with E-state index in [2.05, 4.69) is 18.2 Å². The maximum Gasteiger partial charge on any atom is 0.0680 e. The van der Waals surface area contributed by atoms with Gasteiger partial charge in [-0.3, -0.25) is 4.99 Å². The lowest BCUT2D eigenvalue weighted by molar-refractivity contribution is 0.926. The van der Waals surface area contributed by atoms with Crippen LogP contribution in [0, 0.1) is 0 Å². The average Bonchev–Trinajstić information content (AvgIpc) is 2.44. The minimum atomic E-state index is -0.0567. The van der Waals surface area contributed by atoms with Gasteiger partial charge in [-0.05, 0) is 31.1 Å². The summed E-state index contributed by atoms with van der Waals surface area (Å²) >= 11 is 0. The van der Waals surface area contributed by atoms with Crippen molar-refractivity contribution >= 4 is 11.4 Å². The Labute approximate surface area is 121 Å². The van der Waals surface area contributed by atoms with Crippen molar-refractivity contribution in [3.05, 3.63) is 78.9 Å². The first-order valence-electron chi connectivity index (χ1n) is 6.61. The van der Waals surface area contributed by atoms with Gasteiger partial charge in [-0.2, -0.15) is 0 Å². The van der Waals surface area contributed by atoms with E-state index in [9.17, 15) is 0 Å². The quantitative estimate of drug-likeness (QED) is 0.610. The molecule has 1 rings (SSSR count). The van der Waals surface area contributed by atoms with Gasteiger partial charge in [0.1, 0.15) is 0 Å². The van der Waals surface area contributed by atoms with Gasteiger partial charge in [0.15, 0.2) is 0 Å². The largest absolute Gasteiger partial charge is 0.325 e. The van der Waals surface area contributed by atoms with Crippen LogP contribution in [0.5, 0.6) is 0 Å². The molecular weight excluding hydrogens is 244 g/mol. The fourth-order valence-corrected chi connectivity index (χ4v) is 1.61. The molecule has 0 spiro atoms. The summed E-state index contributed by atoms with van der Waals surface area (Å²) in [4.78, 5) is 4.65. The molecule has 0 bridgehead atoms. The Morgan fingerprint density at radius 1 is 1.30 bits per heavy atom. The van der Waals surface area contributed by atoms with Crippen LogP contribution >= 0.6 is 0 Å². The summed E-state index contributed by atoms with van der Waals surface area (Å²) in [6.45, 7) is 11.5. The van der Waals surface area contributed by atoms with Gasteiger partial charge in [0.25, 0.3) is 0 Å². The van der Waals surface area contributed by atoms with E-state index in [1.54, 1.807) is 6.08 Å². The zero-order valence-corrected chi connectivity index (χ0v) is 12.2. The van der Waals surface area contributed by atoms with E-state index in [1.807, 2.05) is 62.4 Å². The van der Waals surface area contributed by atoms with Gasteiger partial charge >= 0.3 is 0 Å². The molecule has 0 aliphatic rings. The second-order valence-electron chi connectivity index (χ2n) is 4.59. The number of hydrogen-bond donors (Lipinski definition) is 1. The van der Waals surface area contributed by atoms with E-state index < -0.39 is 0 Å². The minimum Gasteiger partial charge on any atom is -0.325 e. The minimum absolute atomic E-state index is 0.0567. The van der Waals surface area contributed by atoms with Crippen LogP contribution in [0.2, 0.25) is 0 Å². The fraction of sp³-hybridized carbons (Fsp3) is 0.167. The second kappa shape index (κ2) is 8.08. The molecule has 0 radical (unpaired) electrons. The van der Waals surface area contributed by atoms with Gasteiger partial charge in [-0.1, -0.05) is 61.7 Å². The normalized spacial score (nSPS) is 14.3. The van der Waals surface area contributed by atoms with Crippen molar-refractivity contribution < 1.29 is 0 Å². The van der Waals surface area contributed by atoms with Crippen LogP contribution in [0.1, 0.15) is 19.4 Å². The molecule has 0 heterocycles. The predicted molar refractivity (Wildman–Crippen MR) is 89.7 cm³/mol. The third kappa shape index (κ3) is 5.21. The lowest BCUT2D eigenvalue weighted by Crippen LogP contribution is -2.11. The molecule has 104 valence electrons. The first-order valence-corrected chi connectivity index (χ1v) is 6.61. The van der Waals surface area contributed by atoms with Crippen LogP contribution in [0.4, 0.5) is 0 Å². The summed E-state index contributed by atoms with van der Waals surface area (Å²) in [6, 6.07) is 9.94. The number of benzene rings is 1. The van der Waals surface area contributed by atoms with Crippen LogP contribution in [-0.2, 0) is 0 Å². The van der Waals surface area contributed by atoms with Gasteiger partial charge in [-0.25, -0.2) is 0 Å². The van der Waals surface area contributed by atoms with Crippen molar-refractivity contribution in [2.45, 2.75) is 19.9 Å². The molecule has 0 aromatic heterocycles. The highest BCUT2D eigenvalue weighted by Gasteiger charge is 2.03. The average molecular weight is 266 g/mol. The fourth-order valence-electron chi connectivity index (χ4n) is 1.61. The Bertz CT molecular complexity index is 546. The van der Waals surface area contributed by atoms with E-state index in [4.69, 9.17) is 5.73 Å². The lowest BCUT2D eigenvalue weighted by Gasteiger charge is -2.07. The summed E-state index contributed by atoms with van der Waals surface area (Å²) in [5.74, 6) is 0. The smallest absolute Gasteiger partial charge is 0.0680 e. The lowest BCUT2D eigenvalue weighted by atomic mass is 10.1. The van der Waals surface area contributed by atoms with Crippen molar-refractivity contribution in [3.8, 4) is 0 Å². The standard InChI is InChI=1S/C18H22N2/c1-5-6-10-14(2)16(4)20-18(13-15(3)19)17-11-8-7-9-12-17/h5-13,15H,1-2,19H2,3-4H3/b10-6-,18-13-,20-16?. The van der Waals surface area contributed by atoms with Crippen LogP contribution in [0.25, 0.3) is 5.70 Å². The third-order valence-corrected chi connectivity index (χ3v) is 2.68. The highest BCUT2D eigenvalue weighted by molar-refractivity contribution is 6.03. The molecule has 0 aliphatic carbocycles. The molecule has 0 aliphatic heterocycles. The molecule has 1 atom stereocenters. The van der Waals surface area contributed by atoms with Gasteiger partial charge in [0.05, 0.1) is 5.70 Å². The van der Waals surface area contributed by atoms with Crippen molar-refractivity contribution in [1.82, 2.24) is 0 Å². The zero-order valence-electron chi connectivity index (χ0n) is 12.2. The molecule has 0 amide bonds. The summed E-state index contributed by atoms with van der Waals surface area (Å²) < 4.78 is 0. The second-order valence-corrected chi connectivity index (χ2v) is 4.59. The number of nitrogens with two attached hydrogens (primary N) is 1. The summed E-state index contributed by atoms with van der Waals surface area (Å²) in [6.07, 6.45) is 7.40. The van der Waals surface area contributed by atoms with E-state index in [0.717, 1.165) is 22.5 Å². The molecule has 20 heavy (non-hydrogen) atoms. The maximum atomic E-state index is 5.87. The Kier molecular flexibility index (Phi) is 6.41. The molecule has 1 aromatic carbocycles. The number of nitrogens with zero attached hydrogens (tertiary/aromatic N) is 1. The molecule has 0 saturated carbocycles. The van der Waals surface area contributed by atoms with Gasteiger partial charge in [0.2, 0.25) is 0 Å². The SMILES string of the molecule is C=C/C=C\C(=C)C(C)=N/C(=C\C(C)N)c1ccccc1. The van der Waals surface area contributed by atoms with Crippen molar-refractivity contribution in [3.63, 3.8) is 0 Å². The van der Waals surface area contributed by atoms with Crippen LogP contribution in [-0.4, -0.2) is 11.8 Å². The Morgan fingerprint density at radius 3 is 2.50 bits per heavy atom. The predicted octanol–water partition coefficient (Wildman–Crippen LogP) is 4.13. The molecule has 2 nitrogen and oxygen atoms in total. The Morgan fingerprint density at radius 2 is 1.95 bits per heavy atom. The topological polar surface area (TPSA) is 38.4 Å². The Balaban J connectivity index is 3.11. The van der Waals surface area contributed by atoms with Crippen LogP contribution in [0.3, 0.4) is 0 Å². The molecule has 0 fully saturated rings. The highest BCUT2D eigenvalue weighted by atomic mass is 14.8. The summed E-state index contributed by atoms with van der Waals surface area (Å²) in [7, 11) is 0. The van der Waals surface area contributed by atoms with E-state index in [1.165, 1.54) is 0 Å². The molecule has 2 heteroatoms. The molecule has 2 N–H and O–H groups in total. The highest BCUT2D eigenvalue weighted by Crippen LogP contribution is 2.17. The van der Waals surface area contributed by atoms with Crippen LogP contribution in [0.15, 0.2) is 78.4 Å². The van der Waals surface area contributed by atoms with E-state index >= 15 is 0 Å². The van der Waals surface area contributed by atoms with Crippen molar-refractivity contribution in [2.75, 3.05) is 0 Å². The van der Waals surface area contributed by atoms with Gasteiger partial charge in [-0.15, -0.1) is 0 Å². The first-order chi connectivity index (χ1) is 9.54. The van der Waals surface area contributed by atoms with Crippen molar-refractivity contribution in [2.24, 2.45) is 10.7 Å².